The van der Waals surface area contributed by atoms with Gasteiger partial charge in [-0.3, -0.25) is 0 Å². The molecule has 0 aliphatic carbocycles. The monoisotopic (exact) mass is 442 g/mol. The highest BCUT2D eigenvalue weighted by atomic mass is 35.5. The number of halogens is 6. The summed E-state index contributed by atoms with van der Waals surface area (Å²) in [5.74, 6) is -1.18. The van der Waals surface area contributed by atoms with Crippen LogP contribution >= 0.6 is 21.8 Å². The summed E-state index contributed by atoms with van der Waals surface area (Å²) in [4.78, 5) is 9.90. The van der Waals surface area contributed by atoms with Gasteiger partial charge in [0.1, 0.15) is 10.6 Å². The van der Waals surface area contributed by atoms with Crippen LogP contribution in [0.1, 0.15) is 48.5 Å². The van der Waals surface area contributed by atoms with Crippen molar-refractivity contribution in [1.82, 2.24) is 0 Å². The van der Waals surface area contributed by atoms with Crippen LogP contribution in [-0.2, 0) is 6.42 Å². The largest absolute Gasteiger partial charge is 0.423 e. The van der Waals surface area contributed by atoms with Crippen LogP contribution in [0.3, 0.4) is 0 Å². The van der Waals surface area contributed by atoms with Crippen LogP contribution in [0.2, 0.25) is 5.02 Å². The maximum Gasteiger partial charge on any atom is 0.343 e. The van der Waals surface area contributed by atoms with Crippen LogP contribution in [-0.4, -0.2) is 5.97 Å². The van der Waals surface area contributed by atoms with Gasteiger partial charge < -0.3 is 4.74 Å². The Bertz CT molecular complexity index is 852. The first-order valence-corrected chi connectivity index (χ1v) is 11.0. The molecule has 2 aromatic carbocycles. The van der Waals surface area contributed by atoms with E-state index in [1.54, 1.807) is 24.3 Å². The third-order valence-electron chi connectivity index (χ3n) is 4.04. The lowest BCUT2D eigenvalue weighted by atomic mass is 10.0. The SMILES string of the molecule is CCCCCCc1ccc(C(=O)Oc2ccc(S(F)(F)(F)(F)F)c(Cl)c2)cc1. The lowest BCUT2D eigenvalue weighted by Crippen LogP contribution is -2.10. The highest BCUT2D eigenvalue weighted by Crippen LogP contribution is 3.02. The summed E-state index contributed by atoms with van der Waals surface area (Å²) in [5.41, 5.74) is 1.24. The Kier molecular flexibility index (Phi) is 6.07. The summed E-state index contributed by atoms with van der Waals surface area (Å²) in [7, 11) is -9.91. The van der Waals surface area contributed by atoms with E-state index < -0.39 is 26.1 Å². The first kappa shape index (κ1) is 22.5. The van der Waals surface area contributed by atoms with Crippen LogP contribution in [0, 0.1) is 0 Å². The quantitative estimate of drug-likeness (QED) is 0.178. The Labute approximate surface area is 165 Å². The molecule has 0 atom stereocenters. The average molecular weight is 443 g/mol. The van der Waals surface area contributed by atoms with Gasteiger partial charge in [-0.2, -0.15) is 0 Å². The minimum atomic E-state index is -9.91. The maximum atomic E-state index is 12.8. The molecule has 0 aliphatic rings. The third kappa shape index (κ3) is 6.38. The smallest absolute Gasteiger partial charge is 0.343 e. The lowest BCUT2D eigenvalue weighted by molar-refractivity contribution is 0.0734. The molecule has 9 heteroatoms. The maximum absolute atomic E-state index is 12.8. The number of aryl methyl sites for hydroxylation is 1. The van der Waals surface area contributed by atoms with Crippen LogP contribution < -0.4 is 4.74 Å². The molecule has 0 aliphatic heterocycles. The van der Waals surface area contributed by atoms with E-state index in [2.05, 4.69) is 6.92 Å². The van der Waals surface area contributed by atoms with Gasteiger partial charge in [-0.25, -0.2) is 4.79 Å². The molecule has 0 N–H and O–H groups in total. The number of hydrogen-bond donors (Lipinski definition) is 0. The van der Waals surface area contributed by atoms with E-state index in [0.29, 0.717) is 12.1 Å². The highest BCUT2D eigenvalue weighted by molar-refractivity contribution is 8.45. The van der Waals surface area contributed by atoms with Crippen molar-refractivity contribution in [2.24, 2.45) is 0 Å². The van der Waals surface area contributed by atoms with Gasteiger partial charge in [-0.15, -0.1) is 0 Å². The Morgan fingerprint density at radius 1 is 0.964 bits per heavy atom. The fourth-order valence-electron chi connectivity index (χ4n) is 2.59. The number of ether oxygens (including phenoxy) is 1. The van der Waals surface area contributed by atoms with Crippen molar-refractivity contribution >= 4 is 27.8 Å². The molecule has 2 nitrogen and oxygen atoms in total. The van der Waals surface area contributed by atoms with Crippen LogP contribution in [0.5, 0.6) is 5.75 Å². The van der Waals surface area contributed by atoms with E-state index in [1.807, 2.05) is 0 Å². The van der Waals surface area contributed by atoms with Crippen LogP contribution in [0.4, 0.5) is 19.4 Å². The van der Waals surface area contributed by atoms with Gasteiger partial charge in [0, 0.05) is 6.07 Å². The zero-order valence-electron chi connectivity index (χ0n) is 15.1. The molecular formula is C19H20ClF5O2S. The predicted molar refractivity (Wildman–Crippen MR) is 102 cm³/mol. The fraction of sp³-hybridized carbons (Fsp3) is 0.316. The lowest BCUT2D eigenvalue weighted by Gasteiger charge is -2.41. The second-order valence-electron chi connectivity index (χ2n) is 6.46. The zero-order chi connectivity index (χ0) is 21.1. The first-order valence-electron chi connectivity index (χ1n) is 8.65. The molecule has 0 unspecified atom stereocenters. The van der Waals surface area contributed by atoms with Crippen molar-refractivity contribution in [3.63, 3.8) is 0 Å². The molecule has 0 heterocycles. The molecule has 2 aromatic rings. The summed E-state index contributed by atoms with van der Waals surface area (Å²) < 4.78 is 69.2. The normalized spacial score (nSPS) is 14.2. The minimum absolute atomic E-state index is 0.117. The number of carbonyl (C=O) groups is 1. The minimum Gasteiger partial charge on any atom is -0.423 e. The van der Waals surface area contributed by atoms with Crippen molar-refractivity contribution < 1.29 is 29.0 Å². The summed E-state index contributed by atoms with van der Waals surface area (Å²) in [6.07, 6.45) is 5.33. The Hall–Kier alpha value is -1.80. The van der Waals surface area contributed by atoms with E-state index in [4.69, 9.17) is 16.3 Å². The Morgan fingerprint density at radius 3 is 2.14 bits per heavy atom. The number of rotatable bonds is 8. The second kappa shape index (κ2) is 7.55. The number of esters is 1. The summed E-state index contributed by atoms with van der Waals surface area (Å²) in [5, 5.41) is -1.23. The van der Waals surface area contributed by atoms with Gasteiger partial charge in [-0.05, 0) is 42.7 Å². The first-order chi connectivity index (χ1) is 12.8. The third-order valence-corrected chi connectivity index (χ3v) is 5.65. The van der Waals surface area contributed by atoms with Gasteiger partial charge in [0.15, 0.2) is 0 Å². The highest BCUT2D eigenvalue weighted by Gasteiger charge is 2.66. The zero-order valence-corrected chi connectivity index (χ0v) is 16.6. The molecule has 0 saturated heterocycles. The van der Waals surface area contributed by atoms with Crippen molar-refractivity contribution in [3.8, 4) is 5.75 Å². The molecule has 28 heavy (non-hydrogen) atoms. The number of hydrogen-bond acceptors (Lipinski definition) is 2. The average Bonchev–Trinajstić information content (AvgIpc) is 2.57. The van der Waals surface area contributed by atoms with Gasteiger partial charge in [0.25, 0.3) is 0 Å². The molecular weight excluding hydrogens is 423 g/mol. The summed E-state index contributed by atoms with van der Waals surface area (Å²) >= 11 is 5.35. The van der Waals surface area contributed by atoms with Gasteiger partial charge in [0.2, 0.25) is 0 Å². The van der Waals surface area contributed by atoms with E-state index in [1.165, 1.54) is 0 Å². The predicted octanol–water partition coefficient (Wildman–Crippen LogP) is 8.34. The van der Waals surface area contributed by atoms with E-state index in [-0.39, 0.29) is 17.4 Å². The molecule has 2 rings (SSSR count). The fourth-order valence-corrected chi connectivity index (χ4v) is 3.95. The number of benzene rings is 2. The Morgan fingerprint density at radius 2 is 1.61 bits per heavy atom. The molecule has 0 radical (unpaired) electrons. The molecule has 0 bridgehead atoms. The summed E-state index contributed by atoms with van der Waals surface area (Å²) in [6, 6.07) is 7.93. The van der Waals surface area contributed by atoms with Gasteiger partial charge >= 0.3 is 16.2 Å². The standard InChI is InChI=1S/C19H20ClF5O2S/c1-2-3-4-5-6-14-7-9-15(10-8-14)19(26)27-16-11-12-18(17(20)13-16)28(21,22,23,24)25/h7-13H,2-6H2,1H3. The topological polar surface area (TPSA) is 26.3 Å². The van der Waals surface area contributed by atoms with E-state index in [9.17, 15) is 24.2 Å². The van der Waals surface area contributed by atoms with Crippen LogP contribution in [0.25, 0.3) is 0 Å². The van der Waals surface area contributed by atoms with Crippen molar-refractivity contribution in [3.05, 3.63) is 58.6 Å². The molecule has 0 spiro atoms. The number of unbranched alkanes of at least 4 members (excludes halogenated alkanes) is 3. The second-order valence-corrected chi connectivity index (χ2v) is 9.24. The van der Waals surface area contributed by atoms with Crippen molar-refractivity contribution in [2.75, 3.05) is 0 Å². The Balaban J connectivity index is 2.06. The van der Waals surface area contributed by atoms with Crippen LogP contribution in [0.15, 0.2) is 47.4 Å². The van der Waals surface area contributed by atoms with Crippen molar-refractivity contribution in [1.29, 1.82) is 0 Å². The number of carbonyl (C=O) groups excluding carboxylic acids is 1. The molecule has 0 aromatic heterocycles. The van der Waals surface area contributed by atoms with Gasteiger partial charge in [-0.1, -0.05) is 69.3 Å². The molecule has 0 fully saturated rings. The summed E-state index contributed by atoms with van der Waals surface area (Å²) in [6.45, 7) is 2.12. The molecule has 0 amide bonds. The van der Waals surface area contributed by atoms with Crippen molar-refractivity contribution in [2.45, 2.75) is 43.9 Å². The molecule has 156 valence electrons. The van der Waals surface area contributed by atoms with Gasteiger partial charge in [0.05, 0.1) is 10.6 Å². The van der Waals surface area contributed by atoms with E-state index in [0.717, 1.165) is 37.7 Å². The molecule has 0 saturated carbocycles. The van der Waals surface area contributed by atoms with E-state index >= 15 is 0 Å².